The Bertz CT molecular complexity index is 418. The quantitative estimate of drug-likeness (QED) is 0.562. The number of thioether (sulfide) groups is 1. The summed E-state index contributed by atoms with van der Waals surface area (Å²) in [5.74, 6) is -2.64. The number of hydrogen-bond donors (Lipinski definition) is 2. The first-order valence-corrected chi connectivity index (χ1v) is 5.84. The third kappa shape index (κ3) is 3.82. The lowest BCUT2D eigenvalue weighted by molar-refractivity contribution is -0.137. The lowest BCUT2D eigenvalue weighted by Crippen LogP contribution is -2.29. The van der Waals surface area contributed by atoms with E-state index in [9.17, 15) is 14.4 Å². The Morgan fingerprint density at radius 2 is 2.06 bits per heavy atom. The molecule has 1 saturated heterocycles. The number of hydrogen-bond acceptors (Lipinski definition) is 5. The molecule has 0 aromatic carbocycles. The first kappa shape index (κ1) is 13.7. The van der Waals surface area contributed by atoms with E-state index in [0.29, 0.717) is 0 Å². The molecule has 1 aliphatic heterocycles. The van der Waals surface area contributed by atoms with Crippen LogP contribution in [-0.4, -0.2) is 43.8 Å². The zero-order chi connectivity index (χ0) is 13.0. The van der Waals surface area contributed by atoms with Crippen LogP contribution in [0, 0.1) is 0 Å². The van der Waals surface area contributed by atoms with Crippen LogP contribution in [0.15, 0.2) is 11.0 Å². The molecule has 0 aromatic rings. The predicted molar refractivity (Wildman–Crippen MR) is 64.5 cm³/mol. The van der Waals surface area contributed by atoms with Crippen LogP contribution in [0.4, 0.5) is 0 Å². The van der Waals surface area contributed by atoms with Crippen molar-refractivity contribution < 1.29 is 24.6 Å². The van der Waals surface area contributed by atoms with Gasteiger partial charge in [0.1, 0.15) is 4.32 Å². The summed E-state index contributed by atoms with van der Waals surface area (Å²) in [7, 11) is 0. The van der Waals surface area contributed by atoms with Crippen molar-refractivity contribution in [2.45, 2.75) is 12.8 Å². The second kappa shape index (κ2) is 5.78. The molecule has 92 valence electrons. The fraction of sp³-hybridized carbons (Fsp3) is 0.333. The SMILES string of the molecule is O=C(O)/C=C1/SC(=S)N(CCCC(=O)O)C1=O. The Labute approximate surface area is 106 Å². The van der Waals surface area contributed by atoms with Crippen molar-refractivity contribution in [1.29, 1.82) is 0 Å². The fourth-order valence-electron chi connectivity index (χ4n) is 1.19. The van der Waals surface area contributed by atoms with Gasteiger partial charge >= 0.3 is 11.9 Å². The summed E-state index contributed by atoms with van der Waals surface area (Å²) in [6.07, 6.45) is 1.02. The highest BCUT2D eigenvalue weighted by Crippen LogP contribution is 2.30. The van der Waals surface area contributed by atoms with Crippen LogP contribution < -0.4 is 0 Å². The second-order valence-corrected chi connectivity index (χ2v) is 4.84. The van der Waals surface area contributed by atoms with Gasteiger partial charge in [-0.1, -0.05) is 24.0 Å². The summed E-state index contributed by atoms with van der Waals surface area (Å²) < 4.78 is 0.257. The standard InChI is InChI=1S/C9H9NO5S2/c11-6(12)2-1-3-10-8(15)5(4-7(13)14)17-9(10)16/h4H,1-3H2,(H,11,12)(H,13,14)/b5-4+. The molecule has 1 amide bonds. The molecule has 0 bridgehead atoms. The molecule has 1 fully saturated rings. The maximum atomic E-state index is 11.7. The summed E-state index contributed by atoms with van der Waals surface area (Å²) in [6, 6.07) is 0. The van der Waals surface area contributed by atoms with Gasteiger partial charge in [0.05, 0.1) is 4.91 Å². The predicted octanol–water partition coefficient (Wildman–Crippen LogP) is 0.680. The van der Waals surface area contributed by atoms with Crippen LogP contribution in [0.1, 0.15) is 12.8 Å². The van der Waals surface area contributed by atoms with Crippen LogP contribution in [-0.2, 0) is 14.4 Å². The highest BCUT2D eigenvalue weighted by molar-refractivity contribution is 8.26. The molecule has 0 unspecified atom stereocenters. The minimum Gasteiger partial charge on any atom is -0.481 e. The van der Waals surface area contributed by atoms with Crippen LogP contribution in [0.25, 0.3) is 0 Å². The van der Waals surface area contributed by atoms with Gasteiger partial charge in [-0.2, -0.15) is 0 Å². The van der Waals surface area contributed by atoms with Gasteiger partial charge in [-0.3, -0.25) is 14.5 Å². The van der Waals surface area contributed by atoms with Gasteiger partial charge in [-0.15, -0.1) is 0 Å². The molecule has 6 nitrogen and oxygen atoms in total. The maximum absolute atomic E-state index is 11.7. The lowest BCUT2D eigenvalue weighted by atomic mass is 10.3. The molecule has 1 rings (SSSR count). The average molecular weight is 275 g/mol. The number of carboxylic acids is 2. The van der Waals surface area contributed by atoms with E-state index in [1.807, 2.05) is 0 Å². The zero-order valence-corrected chi connectivity index (χ0v) is 10.2. The van der Waals surface area contributed by atoms with Gasteiger partial charge in [0.2, 0.25) is 0 Å². The molecular weight excluding hydrogens is 266 g/mol. The van der Waals surface area contributed by atoms with E-state index in [1.165, 1.54) is 4.90 Å². The number of nitrogens with zero attached hydrogens (tertiary/aromatic N) is 1. The summed E-state index contributed by atoms with van der Waals surface area (Å²) in [5.41, 5.74) is 0. The van der Waals surface area contributed by atoms with E-state index in [-0.39, 0.29) is 28.6 Å². The van der Waals surface area contributed by atoms with Crippen LogP contribution in [0.5, 0.6) is 0 Å². The van der Waals surface area contributed by atoms with Crippen molar-refractivity contribution >= 4 is 46.1 Å². The van der Waals surface area contributed by atoms with Crippen LogP contribution >= 0.6 is 24.0 Å². The molecule has 1 heterocycles. The largest absolute Gasteiger partial charge is 0.481 e. The van der Waals surface area contributed by atoms with Gasteiger partial charge in [0, 0.05) is 19.0 Å². The van der Waals surface area contributed by atoms with E-state index >= 15 is 0 Å². The normalized spacial score (nSPS) is 17.9. The molecule has 0 radical (unpaired) electrons. The van der Waals surface area contributed by atoms with Gasteiger partial charge in [-0.05, 0) is 6.42 Å². The molecule has 0 spiro atoms. The monoisotopic (exact) mass is 275 g/mol. The number of thiocarbonyl (C=S) groups is 1. The highest BCUT2D eigenvalue weighted by Gasteiger charge is 2.32. The third-order valence-electron chi connectivity index (χ3n) is 1.90. The summed E-state index contributed by atoms with van der Waals surface area (Å²) in [4.78, 5) is 33.7. The zero-order valence-electron chi connectivity index (χ0n) is 8.58. The molecule has 1 aliphatic rings. The molecule has 0 aliphatic carbocycles. The minimum absolute atomic E-state index is 0.0535. The minimum atomic E-state index is -1.21. The fourth-order valence-corrected chi connectivity index (χ4v) is 2.47. The van der Waals surface area contributed by atoms with Crippen LogP contribution in [0.3, 0.4) is 0 Å². The van der Waals surface area contributed by atoms with Crippen LogP contribution in [0.2, 0.25) is 0 Å². The summed E-state index contributed by atoms with van der Waals surface area (Å²) in [6.45, 7) is 0.188. The number of carboxylic acid groups (broad SMARTS) is 2. The molecule has 0 aromatic heterocycles. The number of aliphatic carboxylic acids is 2. The maximum Gasteiger partial charge on any atom is 0.329 e. The van der Waals surface area contributed by atoms with Gasteiger partial charge < -0.3 is 10.2 Å². The Hall–Kier alpha value is -1.41. The van der Waals surface area contributed by atoms with Crippen molar-refractivity contribution in [2.75, 3.05) is 6.54 Å². The second-order valence-electron chi connectivity index (χ2n) is 3.17. The van der Waals surface area contributed by atoms with Gasteiger partial charge in [0.15, 0.2) is 0 Å². The first-order valence-electron chi connectivity index (χ1n) is 4.62. The number of carbonyl (C=O) groups excluding carboxylic acids is 1. The van der Waals surface area contributed by atoms with E-state index < -0.39 is 17.8 Å². The van der Waals surface area contributed by atoms with E-state index in [2.05, 4.69) is 0 Å². The Balaban J connectivity index is 2.63. The lowest BCUT2D eigenvalue weighted by Gasteiger charge is -2.12. The Kier molecular flexibility index (Phi) is 4.64. The number of rotatable bonds is 5. The van der Waals surface area contributed by atoms with Crippen molar-refractivity contribution in [3.05, 3.63) is 11.0 Å². The van der Waals surface area contributed by atoms with Gasteiger partial charge in [-0.25, -0.2) is 4.79 Å². The third-order valence-corrected chi connectivity index (χ3v) is 3.28. The molecule has 0 saturated carbocycles. The van der Waals surface area contributed by atoms with Crippen molar-refractivity contribution in [3.63, 3.8) is 0 Å². The smallest absolute Gasteiger partial charge is 0.329 e. The van der Waals surface area contributed by atoms with Crippen molar-refractivity contribution in [3.8, 4) is 0 Å². The summed E-state index contributed by atoms with van der Waals surface area (Å²) in [5, 5.41) is 17.0. The number of carbonyl (C=O) groups is 3. The Morgan fingerprint density at radius 1 is 1.41 bits per heavy atom. The van der Waals surface area contributed by atoms with E-state index in [4.69, 9.17) is 22.4 Å². The molecule has 8 heteroatoms. The Morgan fingerprint density at radius 3 is 2.59 bits per heavy atom. The van der Waals surface area contributed by atoms with Crippen molar-refractivity contribution in [2.24, 2.45) is 0 Å². The summed E-state index contributed by atoms with van der Waals surface area (Å²) >= 11 is 5.82. The average Bonchev–Trinajstić information content (AvgIpc) is 2.44. The molecule has 0 atom stereocenters. The topological polar surface area (TPSA) is 94.9 Å². The highest BCUT2D eigenvalue weighted by atomic mass is 32.2. The first-order chi connectivity index (χ1) is 7.91. The number of amides is 1. The molecule has 2 N–H and O–H groups in total. The van der Waals surface area contributed by atoms with E-state index in [0.717, 1.165) is 17.8 Å². The molecule has 17 heavy (non-hydrogen) atoms. The van der Waals surface area contributed by atoms with E-state index in [1.54, 1.807) is 0 Å². The molecular formula is C9H9NO5S2. The van der Waals surface area contributed by atoms with Crippen molar-refractivity contribution in [1.82, 2.24) is 4.90 Å². The van der Waals surface area contributed by atoms with Gasteiger partial charge in [0.25, 0.3) is 5.91 Å².